The van der Waals surface area contributed by atoms with Gasteiger partial charge in [0, 0.05) is 24.0 Å². The molecule has 0 aliphatic rings. The minimum Gasteiger partial charge on any atom is -0.318 e. The average Bonchev–Trinajstić information content (AvgIpc) is 3.19. The summed E-state index contributed by atoms with van der Waals surface area (Å²) in [6.45, 7) is 6.22. The molecule has 3 aromatic rings. The van der Waals surface area contributed by atoms with Gasteiger partial charge in [-0.3, -0.25) is 4.79 Å². The third-order valence-corrected chi connectivity index (χ3v) is 4.55. The first-order valence-corrected chi connectivity index (χ1v) is 7.99. The standard InChI is InChI=1S/C16H17N5OS/c1-16(2,3)15-18-10-12(23-15)14(22)20-11-6-4-7-17-13(11)21-9-5-8-19-21/h4-10H,1-3H3,(H,20,22). The Balaban J connectivity index is 1.85. The van der Waals surface area contributed by atoms with Crippen LogP contribution in [0.3, 0.4) is 0 Å². The van der Waals surface area contributed by atoms with Crippen LogP contribution in [0, 0.1) is 0 Å². The van der Waals surface area contributed by atoms with E-state index in [1.807, 2.05) is 0 Å². The molecule has 1 N–H and O–H groups in total. The zero-order valence-corrected chi connectivity index (χ0v) is 14.0. The molecular weight excluding hydrogens is 310 g/mol. The highest BCUT2D eigenvalue weighted by Gasteiger charge is 2.21. The number of carbonyl (C=O) groups excluding carboxylic acids is 1. The summed E-state index contributed by atoms with van der Waals surface area (Å²) in [5, 5.41) is 7.98. The largest absolute Gasteiger partial charge is 0.318 e. The van der Waals surface area contributed by atoms with E-state index >= 15 is 0 Å². The van der Waals surface area contributed by atoms with E-state index in [9.17, 15) is 4.79 Å². The van der Waals surface area contributed by atoms with Crippen LogP contribution in [0.5, 0.6) is 0 Å². The van der Waals surface area contributed by atoms with Crippen molar-refractivity contribution in [2.75, 3.05) is 5.32 Å². The number of amides is 1. The fraction of sp³-hybridized carbons (Fsp3) is 0.250. The Bertz CT molecular complexity index is 817. The van der Waals surface area contributed by atoms with Crippen molar-refractivity contribution in [1.29, 1.82) is 0 Å². The number of thiazole rings is 1. The van der Waals surface area contributed by atoms with Crippen molar-refractivity contribution < 1.29 is 4.79 Å². The van der Waals surface area contributed by atoms with Crippen molar-refractivity contribution in [3.8, 4) is 5.82 Å². The molecule has 3 aromatic heterocycles. The Morgan fingerprint density at radius 3 is 2.70 bits per heavy atom. The van der Waals surface area contributed by atoms with Crippen LogP contribution in [-0.2, 0) is 5.41 Å². The molecule has 0 bridgehead atoms. The lowest BCUT2D eigenvalue weighted by atomic mass is 9.98. The molecule has 3 heterocycles. The molecular formula is C16H17N5OS. The summed E-state index contributed by atoms with van der Waals surface area (Å²) in [5.41, 5.74) is 0.532. The summed E-state index contributed by atoms with van der Waals surface area (Å²) in [6, 6.07) is 5.38. The van der Waals surface area contributed by atoms with Crippen molar-refractivity contribution in [3.05, 3.63) is 52.9 Å². The number of hydrogen-bond donors (Lipinski definition) is 1. The number of rotatable bonds is 3. The normalized spacial score (nSPS) is 11.4. The topological polar surface area (TPSA) is 72.7 Å². The molecule has 118 valence electrons. The van der Waals surface area contributed by atoms with E-state index in [4.69, 9.17) is 0 Å². The van der Waals surface area contributed by atoms with Gasteiger partial charge in [-0.1, -0.05) is 20.8 Å². The van der Waals surface area contributed by atoms with Crippen LogP contribution in [-0.4, -0.2) is 25.7 Å². The SMILES string of the molecule is CC(C)(C)c1ncc(C(=O)Nc2cccnc2-n2cccn2)s1. The minimum absolute atomic E-state index is 0.0717. The van der Waals surface area contributed by atoms with Crippen LogP contribution in [0.25, 0.3) is 5.82 Å². The number of nitrogens with one attached hydrogen (secondary N) is 1. The lowest BCUT2D eigenvalue weighted by molar-refractivity contribution is 0.103. The third kappa shape index (κ3) is 3.29. The molecule has 0 aliphatic carbocycles. The van der Waals surface area contributed by atoms with Crippen LogP contribution in [0.4, 0.5) is 5.69 Å². The Hall–Kier alpha value is -2.54. The molecule has 0 atom stereocenters. The van der Waals surface area contributed by atoms with Gasteiger partial charge in [0.05, 0.1) is 16.9 Å². The van der Waals surface area contributed by atoms with E-state index in [0.717, 1.165) is 5.01 Å². The van der Waals surface area contributed by atoms with Gasteiger partial charge in [-0.2, -0.15) is 5.10 Å². The number of pyridine rings is 1. The van der Waals surface area contributed by atoms with Gasteiger partial charge in [-0.15, -0.1) is 11.3 Å². The number of hydrogen-bond acceptors (Lipinski definition) is 5. The predicted molar refractivity (Wildman–Crippen MR) is 90.1 cm³/mol. The van der Waals surface area contributed by atoms with Gasteiger partial charge in [0.25, 0.3) is 5.91 Å². The average molecular weight is 327 g/mol. The van der Waals surface area contributed by atoms with Gasteiger partial charge in [-0.25, -0.2) is 14.6 Å². The molecule has 0 fully saturated rings. The second kappa shape index (κ2) is 5.92. The summed E-state index contributed by atoms with van der Waals surface area (Å²) >= 11 is 1.40. The lowest BCUT2D eigenvalue weighted by Crippen LogP contribution is -2.13. The van der Waals surface area contributed by atoms with Crippen LogP contribution >= 0.6 is 11.3 Å². The first-order chi connectivity index (χ1) is 10.9. The second-order valence-electron chi connectivity index (χ2n) is 6.06. The maximum atomic E-state index is 12.5. The van der Waals surface area contributed by atoms with E-state index in [1.165, 1.54) is 11.3 Å². The van der Waals surface area contributed by atoms with E-state index in [1.54, 1.807) is 47.7 Å². The van der Waals surface area contributed by atoms with Gasteiger partial charge in [-0.05, 0) is 18.2 Å². The van der Waals surface area contributed by atoms with E-state index in [-0.39, 0.29) is 11.3 Å². The van der Waals surface area contributed by atoms with Gasteiger partial charge < -0.3 is 5.32 Å². The first kappa shape index (κ1) is 15.4. The summed E-state index contributed by atoms with van der Waals surface area (Å²) < 4.78 is 1.61. The zero-order valence-electron chi connectivity index (χ0n) is 13.1. The van der Waals surface area contributed by atoms with Gasteiger partial charge >= 0.3 is 0 Å². The lowest BCUT2D eigenvalue weighted by Gasteiger charge is -2.13. The predicted octanol–water partition coefficient (Wildman–Crippen LogP) is 3.27. The fourth-order valence-electron chi connectivity index (χ4n) is 1.98. The molecule has 6 nitrogen and oxygen atoms in total. The summed E-state index contributed by atoms with van der Waals surface area (Å²) in [7, 11) is 0. The zero-order chi connectivity index (χ0) is 16.4. The molecule has 23 heavy (non-hydrogen) atoms. The van der Waals surface area contributed by atoms with Gasteiger partial charge in [0.2, 0.25) is 0 Å². The molecule has 0 unspecified atom stereocenters. The van der Waals surface area contributed by atoms with Crippen molar-refractivity contribution in [1.82, 2.24) is 19.7 Å². The van der Waals surface area contributed by atoms with E-state index < -0.39 is 0 Å². The minimum atomic E-state index is -0.195. The Morgan fingerprint density at radius 1 is 1.22 bits per heavy atom. The van der Waals surface area contributed by atoms with Crippen LogP contribution in [0.1, 0.15) is 35.5 Å². The smallest absolute Gasteiger partial charge is 0.267 e. The van der Waals surface area contributed by atoms with Gasteiger partial charge in [0.15, 0.2) is 5.82 Å². The molecule has 3 rings (SSSR count). The number of anilines is 1. The Morgan fingerprint density at radius 2 is 2.04 bits per heavy atom. The molecule has 0 radical (unpaired) electrons. The van der Waals surface area contributed by atoms with E-state index in [0.29, 0.717) is 16.4 Å². The monoisotopic (exact) mass is 327 g/mol. The molecule has 1 amide bonds. The van der Waals surface area contributed by atoms with Crippen LogP contribution in [0.15, 0.2) is 43.0 Å². The van der Waals surface area contributed by atoms with Crippen molar-refractivity contribution in [2.45, 2.75) is 26.2 Å². The Labute approximate surface area is 138 Å². The summed E-state index contributed by atoms with van der Waals surface area (Å²) in [6.07, 6.45) is 6.73. The van der Waals surface area contributed by atoms with Crippen LogP contribution < -0.4 is 5.32 Å². The van der Waals surface area contributed by atoms with Crippen molar-refractivity contribution in [2.24, 2.45) is 0 Å². The highest BCUT2D eigenvalue weighted by molar-refractivity contribution is 7.13. The van der Waals surface area contributed by atoms with E-state index in [2.05, 4.69) is 41.2 Å². The molecule has 0 saturated heterocycles. The molecule has 0 aliphatic heterocycles. The van der Waals surface area contributed by atoms with Gasteiger partial charge in [0.1, 0.15) is 4.88 Å². The maximum absolute atomic E-state index is 12.5. The molecule has 7 heteroatoms. The number of aromatic nitrogens is 4. The molecule has 0 spiro atoms. The Kier molecular flexibility index (Phi) is 3.96. The fourth-order valence-corrected chi connectivity index (χ4v) is 2.85. The van der Waals surface area contributed by atoms with Crippen LogP contribution in [0.2, 0.25) is 0 Å². The number of carbonyl (C=O) groups is 1. The highest BCUT2D eigenvalue weighted by Crippen LogP contribution is 2.27. The first-order valence-electron chi connectivity index (χ1n) is 7.18. The highest BCUT2D eigenvalue weighted by atomic mass is 32.1. The summed E-state index contributed by atoms with van der Waals surface area (Å²) in [4.78, 5) is 21.7. The number of nitrogens with zero attached hydrogens (tertiary/aromatic N) is 4. The molecule has 0 saturated carbocycles. The van der Waals surface area contributed by atoms with Crippen molar-refractivity contribution in [3.63, 3.8) is 0 Å². The quantitative estimate of drug-likeness (QED) is 0.801. The maximum Gasteiger partial charge on any atom is 0.267 e. The van der Waals surface area contributed by atoms with Crippen molar-refractivity contribution >= 4 is 22.9 Å². The third-order valence-electron chi connectivity index (χ3n) is 3.13. The second-order valence-corrected chi connectivity index (χ2v) is 7.09. The molecule has 0 aromatic carbocycles. The summed E-state index contributed by atoms with van der Waals surface area (Å²) in [5.74, 6) is 0.380.